The van der Waals surface area contributed by atoms with Crippen molar-refractivity contribution >= 4 is 27.3 Å². The van der Waals surface area contributed by atoms with Crippen LogP contribution in [0.3, 0.4) is 0 Å². The Labute approximate surface area is 142 Å². The quantitative estimate of drug-likeness (QED) is 0.782. The highest BCUT2D eigenvalue weighted by Gasteiger charge is 2.32. The van der Waals surface area contributed by atoms with Crippen LogP contribution in [0.25, 0.3) is 0 Å². The lowest BCUT2D eigenvalue weighted by Gasteiger charge is -2.25. The van der Waals surface area contributed by atoms with E-state index < -0.39 is 16.0 Å². The molecule has 2 aromatic rings. The second-order valence-corrected chi connectivity index (χ2v) is 8.32. The Kier molecular flexibility index (Phi) is 4.67. The third kappa shape index (κ3) is 3.07. The van der Waals surface area contributed by atoms with Crippen molar-refractivity contribution in [3.63, 3.8) is 0 Å². The highest BCUT2D eigenvalue weighted by atomic mass is 32.2. The predicted molar refractivity (Wildman–Crippen MR) is 84.5 cm³/mol. The van der Waals surface area contributed by atoms with Gasteiger partial charge in [-0.2, -0.15) is 4.31 Å². The molecule has 11 heteroatoms. The second kappa shape index (κ2) is 6.59. The topological polar surface area (TPSA) is 115 Å². The average Bonchev–Trinajstić information content (AvgIpc) is 3.20. The molecule has 0 saturated carbocycles. The molecule has 3 heterocycles. The molecule has 0 aromatic carbocycles. The van der Waals surface area contributed by atoms with Crippen LogP contribution in [0.2, 0.25) is 0 Å². The number of carboxylic acids is 1. The summed E-state index contributed by atoms with van der Waals surface area (Å²) < 4.78 is 33.4. The third-order valence-electron chi connectivity index (χ3n) is 3.77. The summed E-state index contributed by atoms with van der Waals surface area (Å²) in [6.07, 6.45) is 0.502. The maximum Gasteiger partial charge on any atom is 0.336 e. The van der Waals surface area contributed by atoms with E-state index in [2.05, 4.69) is 10.3 Å². The van der Waals surface area contributed by atoms with Crippen molar-refractivity contribution in [2.45, 2.75) is 23.7 Å². The molecule has 1 aliphatic heterocycles. The second-order valence-electron chi connectivity index (χ2n) is 5.25. The Morgan fingerprint density at radius 2 is 2.29 bits per heavy atom. The van der Waals surface area contributed by atoms with Crippen molar-refractivity contribution in [3.05, 3.63) is 28.4 Å². The molecule has 0 aliphatic carbocycles. The molecule has 0 saturated heterocycles. The first-order valence-corrected chi connectivity index (χ1v) is 9.47. The fourth-order valence-electron chi connectivity index (χ4n) is 2.50. The van der Waals surface area contributed by atoms with Crippen LogP contribution in [0.15, 0.2) is 15.7 Å². The molecule has 0 radical (unpaired) electrons. The summed E-state index contributed by atoms with van der Waals surface area (Å²) in [6.45, 7) is 1.50. The van der Waals surface area contributed by atoms with Gasteiger partial charge in [-0.3, -0.25) is 0 Å². The smallest absolute Gasteiger partial charge is 0.336 e. The summed E-state index contributed by atoms with van der Waals surface area (Å²) in [5, 5.41) is 18.4. The third-order valence-corrected chi connectivity index (χ3v) is 7.03. The number of carbonyl (C=O) groups is 1. The molecular formula is C13H16N4O5S2. The summed E-state index contributed by atoms with van der Waals surface area (Å²) >= 11 is 0.908. The van der Waals surface area contributed by atoms with Gasteiger partial charge < -0.3 is 9.84 Å². The molecular weight excluding hydrogens is 356 g/mol. The normalized spacial score (nSPS) is 15.4. The minimum atomic E-state index is -3.74. The van der Waals surface area contributed by atoms with Gasteiger partial charge in [0.1, 0.15) is 9.90 Å². The van der Waals surface area contributed by atoms with Crippen molar-refractivity contribution < 1.29 is 23.1 Å². The Hall–Kier alpha value is -1.82. The minimum Gasteiger partial charge on any atom is -0.478 e. The van der Waals surface area contributed by atoms with Crippen LogP contribution in [0.4, 0.5) is 0 Å². The Morgan fingerprint density at radius 3 is 2.96 bits per heavy atom. The fraction of sp³-hybridized carbons (Fsp3) is 0.462. The zero-order valence-corrected chi connectivity index (χ0v) is 14.5. The van der Waals surface area contributed by atoms with E-state index in [4.69, 9.17) is 9.84 Å². The SMILES string of the molecule is COCCn1nnc2c1CCN(S(=O)(=O)c1cc(C(=O)O)cs1)C2. The van der Waals surface area contributed by atoms with Crippen LogP contribution in [0.5, 0.6) is 0 Å². The first-order chi connectivity index (χ1) is 11.4. The molecule has 130 valence electrons. The predicted octanol–water partition coefficient (Wildman–Crippen LogP) is 0.431. The fourth-order valence-corrected chi connectivity index (χ4v) is 5.20. The lowest BCUT2D eigenvalue weighted by molar-refractivity contribution is 0.0697. The molecule has 0 atom stereocenters. The zero-order valence-electron chi connectivity index (χ0n) is 12.9. The van der Waals surface area contributed by atoms with Crippen molar-refractivity contribution in [2.75, 3.05) is 20.3 Å². The molecule has 0 amide bonds. The Balaban J connectivity index is 1.81. The maximum atomic E-state index is 12.7. The first-order valence-electron chi connectivity index (χ1n) is 7.15. The van der Waals surface area contributed by atoms with Crippen molar-refractivity contribution in [3.8, 4) is 0 Å². The summed E-state index contributed by atoms with van der Waals surface area (Å²) in [7, 11) is -2.14. The van der Waals surface area contributed by atoms with E-state index in [-0.39, 0.29) is 16.3 Å². The van der Waals surface area contributed by atoms with Gasteiger partial charge >= 0.3 is 5.97 Å². The van der Waals surface area contributed by atoms with E-state index in [9.17, 15) is 13.2 Å². The number of carboxylic acid groups (broad SMARTS) is 1. The molecule has 9 nitrogen and oxygen atoms in total. The number of fused-ring (bicyclic) bond motifs is 1. The summed E-state index contributed by atoms with van der Waals surface area (Å²) in [6, 6.07) is 1.19. The van der Waals surface area contributed by atoms with Gasteiger partial charge in [0, 0.05) is 25.5 Å². The van der Waals surface area contributed by atoms with Crippen LogP contribution in [0, 0.1) is 0 Å². The van der Waals surface area contributed by atoms with Crippen molar-refractivity contribution in [1.82, 2.24) is 19.3 Å². The number of methoxy groups -OCH3 is 1. The number of thiophene rings is 1. The molecule has 0 spiro atoms. The van der Waals surface area contributed by atoms with Gasteiger partial charge in [0.2, 0.25) is 0 Å². The molecule has 2 aromatic heterocycles. The van der Waals surface area contributed by atoms with Gasteiger partial charge in [0.15, 0.2) is 0 Å². The molecule has 0 bridgehead atoms. The van der Waals surface area contributed by atoms with E-state index in [1.807, 2.05) is 0 Å². The Morgan fingerprint density at radius 1 is 1.50 bits per heavy atom. The summed E-state index contributed by atoms with van der Waals surface area (Å²) in [5.41, 5.74) is 1.51. The first kappa shape index (κ1) is 17.0. The molecule has 1 N–H and O–H groups in total. The number of sulfonamides is 1. The van der Waals surface area contributed by atoms with Gasteiger partial charge in [-0.15, -0.1) is 16.4 Å². The Bertz CT molecular complexity index is 858. The number of hydrogen-bond acceptors (Lipinski definition) is 7. The van der Waals surface area contributed by atoms with Gasteiger partial charge in [0.05, 0.1) is 31.0 Å². The van der Waals surface area contributed by atoms with Gasteiger partial charge in [-0.25, -0.2) is 17.9 Å². The lowest BCUT2D eigenvalue weighted by atomic mass is 10.2. The van der Waals surface area contributed by atoms with E-state index in [0.29, 0.717) is 31.8 Å². The standard InChI is InChI=1S/C13H16N4O5S2/c1-22-5-4-17-11-2-3-16(7-10(11)14-15-17)24(20,21)12-6-9(8-23-12)13(18)19/h6,8H,2-5,7H2,1H3,(H,18,19). The van der Waals surface area contributed by atoms with Crippen LogP contribution >= 0.6 is 11.3 Å². The maximum absolute atomic E-state index is 12.7. The van der Waals surface area contributed by atoms with Crippen molar-refractivity contribution in [1.29, 1.82) is 0 Å². The number of aromatic carboxylic acids is 1. The van der Waals surface area contributed by atoms with E-state index >= 15 is 0 Å². The van der Waals surface area contributed by atoms with E-state index in [1.54, 1.807) is 11.8 Å². The monoisotopic (exact) mass is 372 g/mol. The summed E-state index contributed by atoms with van der Waals surface area (Å²) in [5.74, 6) is -1.14. The van der Waals surface area contributed by atoms with Gasteiger partial charge in [-0.05, 0) is 6.07 Å². The number of rotatable bonds is 6. The van der Waals surface area contributed by atoms with E-state index in [0.717, 1.165) is 17.0 Å². The van der Waals surface area contributed by atoms with Crippen molar-refractivity contribution in [2.24, 2.45) is 0 Å². The molecule has 0 unspecified atom stereocenters. The van der Waals surface area contributed by atoms with E-state index in [1.165, 1.54) is 15.8 Å². The molecule has 3 rings (SSSR count). The lowest BCUT2D eigenvalue weighted by Crippen LogP contribution is -2.36. The molecule has 1 aliphatic rings. The number of aromatic nitrogens is 3. The van der Waals surface area contributed by atoms with Crippen LogP contribution in [-0.2, 0) is 34.3 Å². The largest absolute Gasteiger partial charge is 0.478 e. The van der Waals surface area contributed by atoms with Crippen LogP contribution in [-0.4, -0.2) is 59.1 Å². The number of hydrogen-bond donors (Lipinski definition) is 1. The number of ether oxygens (including phenoxy) is 1. The van der Waals surface area contributed by atoms with Gasteiger partial charge in [0.25, 0.3) is 10.0 Å². The van der Waals surface area contributed by atoms with Crippen LogP contribution < -0.4 is 0 Å². The molecule has 0 fully saturated rings. The number of nitrogens with zero attached hydrogens (tertiary/aromatic N) is 4. The highest BCUT2D eigenvalue weighted by Crippen LogP contribution is 2.28. The zero-order chi connectivity index (χ0) is 17.3. The van der Waals surface area contributed by atoms with Crippen LogP contribution in [0.1, 0.15) is 21.7 Å². The summed E-state index contributed by atoms with van der Waals surface area (Å²) in [4.78, 5) is 10.9. The molecule has 24 heavy (non-hydrogen) atoms. The average molecular weight is 372 g/mol. The minimum absolute atomic E-state index is 0.0233. The highest BCUT2D eigenvalue weighted by molar-refractivity contribution is 7.91. The van der Waals surface area contributed by atoms with Gasteiger partial charge in [-0.1, -0.05) is 5.21 Å².